The molecule has 0 saturated heterocycles. The Labute approximate surface area is 153 Å². The van der Waals surface area contributed by atoms with Crippen molar-refractivity contribution in [2.24, 2.45) is 0 Å². The predicted octanol–water partition coefficient (Wildman–Crippen LogP) is 4.96. The van der Waals surface area contributed by atoms with Crippen LogP contribution in [0.4, 0.5) is 0 Å². The number of hydrogen-bond acceptors (Lipinski definition) is 4. The topological polar surface area (TPSA) is 43.4 Å². The number of carbonyl (C=O) groups excluding carboxylic acids is 2. The Bertz CT molecular complexity index is 755. The Morgan fingerprint density at radius 1 is 1.08 bits per heavy atom. The molecule has 0 spiro atoms. The molecule has 3 rings (SSSR count). The van der Waals surface area contributed by atoms with Gasteiger partial charge in [0.2, 0.25) is 0 Å². The number of rotatable bonds is 4. The Morgan fingerprint density at radius 2 is 1.76 bits per heavy atom. The number of fused-ring (bicyclic) bond motifs is 1. The average Bonchev–Trinajstić information content (AvgIpc) is 3.03. The molecule has 1 aromatic heterocycles. The van der Waals surface area contributed by atoms with E-state index in [1.165, 1.54) is 40.2 Å². The first-order chi connectivity index (χ1) is 11.8. The summed E-state index contributed by atoms with van der Waals surface area (Å²) in [7, 11) is 0. The highest BCUT2D eigenvalue weighted by Crippen LogP contribution is 2.30. The van der Waals surface area contributed by atoms with Gasteiger partial charge in [-0.1, -0.05) is 45.0 Å². The van der Waals surface area contributed by atoms with Gasteiger partial charge >= 0.3 is 5.97 Å². The molecule has 1 aliphatic carbocycles. The number of Topliss-reactive ketones (excluding diaryl/α,β-unsaturated/α-hetero) is 1. The van der Waals surface area contributed by atoms with Gasteiger partial charge in [0, 0.05) is 10.4 Å². The van der Waals surface area contributed by atoms with Gasteiger partial charge in [-0.25, -0.2) is 4.79 Å². The lowest BCUT2D eigenvalue weighted by molar-refractivity contribution is 0.0479. The number of thiophene rings is 1. The first kappa shape index (κ1) is 17.9. The lowest BCUT2D eigenvalue weighted by Crippen LogP contribution is -2.15. The second-order valence-corrected chi connectivity index (χ2v) is 8.73. The molecule has 0 saturated carbocycles. The molecule has 0 atom stereocenters. The molecule has 0 N–H and O–H groups in total. The second kappa shape index (κ2) is 7.12. The summed E-state index contributed by atoms with van der Waals surface area (Å²) in [4.78, 5) is 26.4. The quantitative estimate of drug-likeness (QED) is 0.574. The van der Waals surface area contributed by atoms with E-state index in [1.807, 2.05) is 18.2 Å². The molecule has 3 nitrogen and oxygen atoms in total. The molecule has 0 bridgehead atoms. The predicted molar refractivity (Wildman–Crippen MR) is 101 cm³/mol. The monoisotopic (exact) mass is 356 g/mol. The SMILES string of the molecule is CC(C)(C)c1ccc(C(=O)COC(=O)c2cc3c(s2)CCCC3)cc1. The normalized spacial score (nSPS) is 14.0. The minimum Gasteiger partial charge on any atom is -0.453 e. The zero-order chi connectivity index (χ0) is 18.0. The Balaban J connectivity index is 1.60. The van der Waals surface area contributed by atoms with Crippen molar-refractivity contribution in [2.75, 3.05) is 6.61 Å². The zero-order valence-corrected chi connectivity index (χ0v) is 15.9. The highest BCUT2D eigenvalue weighted by Gasteiger charge is 2.19. The minimum absolute atomic E-state index is 0.0479. The molecular formula is C21H24O3S. The third-order valence-electron chi connectivity index (χ3n) is 4.61. The fraction of sp³-hybridized carbons (Fsp3) is 0.429. The lowest BCUT2D eigenvalue weighted by atomic mass is 9.86. The van der Waals surface area contributed by atoms with E-state index in [0.29, 0.717) is 10.4 Å². The number of ketones is 1. The summed E-state index contributed by atoms with van der Waals surface area (Å²) < 4.78 is 5.24. The number of hydrogen-bond donors (Lipinski definition) is 0. The first-order valence-electron chi connectivity index (χ1n) is 8.77. The summed E-state index contributed by atoms with van der Waals surface area (Å²) in [5, 5.41) is 0. The van der Waals surface area contributed by atoms with Crippen LogP contribution in [0.2, 0.25) is 0 Å². The fourth-order valence-electron chi connectivity index (χ4n) is 3.03. The van der Waals surface area contributed by atoms with Gasteiger partial charge in [-0.15, -0.1) is 11.3 Å². The van der Waals surface area contributed by atoms with Gasteiger partial charge in [0.15, 0.2) is 12.4 Å². The molecule has 0 amide bonds. The van der Waals surface area contributed by atoms with Crippen molar-refractivity contribution in [2.45, 2.75) is 51.9 Å². The van der Waals surface area contributed by atoms with Crippen LogP contribution < -0.4 is 0 Å². The highest BCUT2D eigenvalue weighted by molar-refractivity contribution is 7.14. The van der Waals surface area contributed by atoms with Crippen LogP contribution in [0, 0.1) is 0 Å². The summed E-state index contributed by atoms with van der Waals surface area (Å²) in [6, 6.07) is 9.47. The second-order valence-electron chi connectivity index (χ2n) is 7.59. The minimum atomic E-state index is -0.390. The summed E-state index contributed by atoms with van der Waals surface area (Å²) in [6.07, 6.45) is 4.46. The molecule has 0 unspecified atom stereocenters. The molecule has 0 aliphatic heterocycles. The van der Waals surface area contributed by atoms with Crippen molar-refractivity contribution in [1.29, 1.82) is 0 Å². The van der Waals surface area contributed by atoms with E-state index in [0.717, 1.165) is 12.8 Å². The zero-order valence-electron chi connectivity index (χ0n) is 15.1. The van der Waals surface area contributed by atoms with Gasteiger partial charge in [-0.05, 0) is 48.3 Å². The van der Waals surface area contributed by atoms with Crippen molar-refractivity contribution in [3.63, 3.8) is 0 Å². The summed E-state index contributed by atoms with van der Waals surface area (Å²) >= 11 is 1.51. The maximum absolute atomic E-state index is 12.3. The molecule has 25 heavy (non-hydrogen) atoms. The van der Waals surface area contributed by atoms with Crippen LogP contribution in [0.15, 0.2) is 30.3 Å². The van der Waals surface area contributed by atoms with Gasteiger partial charge in [-0.3, -0.25) is 4.79 Å². The van der Waals surface area contributed by atoms with Gasteiger partial charge in [0.05, 0.1) is 0 Å². The number of esters is 1. The van der Waals surface area contributed by atoms with Gasteiger partial charge < -0.3 is 4.74 Å². The molecule has 4 heteroatoms. The van der Waals surface area contributed by atoms with Crippen LogP contribution in [-0.2, 0) is 23.0 Å². The smallest absolute Gasteiger partial charge is 0.348 e. The number of aryl methyl sites for hydroxylation is 2. The molecule has 132 valence electrons. The molecule has 0 radical (unpaired) electrons. The van der Waals surface area contributed by atoms with Crippen LogP contribution >= 0.6 is 11.3 Å². The van der Waals surface area contributed by atoms with Crippen LogP contribution in [0.3, 0.4) is 0 Å². The molecule has 1 heterocycles. The van der Waals surface area contributed by atoms with Crippen molar-refractivity contribution >= 4 is 23.1 Å². The molecular weight excluding hydrogens is 332 g/mol. The third-order valence-corrected chi connectivity index (χ3v) is 5.82. The Hall–Kier alpha value is -1.94. The average molecular weight is 356 g/mol. The molecule has 1 aliphatic rings. The van der Waals surface area contributed by atoms with Crippen LogP contribution in [0.1, 0.15) is 69.6 Å². The molecule has 1 aromatic carbocycles. The lowest BCUT2D eigenvalue weighted by Gasteiger charge is -2.18. The number of ether oxygens (including phenoxy) is 1. The van der Waals surface area contributed by atoms with E-state index >= 15 is 0 Å². The number of benzene rings is 1. The fourth-order valence-corrected chi connectivity index (χ4v) is 4.18. The standard InChI is InChI=1S/C21H24O3S/c1-21(2,3)16-10-8-14(9-11-16)17(22)13-24-20(23)19-12-15-6-4-5-7-18(15)25-19/h8-12H,4-7,13H2,1-3H3. The Morgan fingerprint density at radius 3 is 2.40 bits per heavy atom. The van der Waals surface area contributed by atoms with Crippen molar-refractivity contribution in [3.05, 3.63) is 56.8 Å². The van der Waals surface area contributed by atoms with Gasteiger partial charge in [0.25, 0.3) is 0 Å². The van der Waals surface area contributed by atoms with E-state index in [2.05, 4.69) is 20.8 Å². The summed E-state index contributed by atoms with van der Waals surface area (Å²) in [5.41, 5.74) is 3.07. The van der Waals surface area contributed by atoms with E-state index in [1.54, 1.807) is 12.1 Å². The molecule has 2 aromatic rings. The first-order valence-corrected chi connectivity index (χ1v) is 9.59. The maximum Gasteiger partial charge on any atom is 0.348 e. The largest absolute Gasteiger partial charge is 0.453 e. The van der Waals surface area contributed by atoms with E-state index in [-0.39, 0.29) is 23.8 Å². The van der Waals surface area contributed by atoms with E-state index < -0.39 is 0 Å². The number of carbonyl (C=O) groups is 2. The third kappa shape index (κ3) is 4.18. The van der Waals surface area contributed by atoms with Gasteiger partial charge in [-0.2, -0.15) is 0 Å². The van der Waals surface area contributed by atoms with Gasteiger partial charge in [0.1, 0.15) is 4.88 Å². The summed E-state index contributed by atoms with van der Waals surface area (Å²) in [6.45, 7) is 6.18. The van der Waals surface area contributed by atoms with Crippen molar-refractivity contribution in [1.82, 2.24) is 0 Å². The highest BCUT2D eigenvalue weighted by atomic mass is 32.1. The van der Waals surface area contributed by atoms with Crippen LogP contribution in [-0.4, -0.2) is 18.4 Å². The van der Waals surface area contributed by atoms with Crippen LogP contribution in [0.5, 0.6) is 0 Å². The van der Waals surface area contributed by atoms with Crippen molar-refractivity contribution < 1.29 is 14.3 Å². The molecule has 0 fully saturated rings. The van der Waals surface area contributed by atoms with E-state index in [9.17, 15) is 9.59 Å². The summed E-state index contributed by atoms with van der Waals surface area (Å²) in [5.74, 6) is -0.561. The van der Waals surface area contributed by atoms with Crippen LogP contribution in [0.25, 0.3) is 0 Å². The maximum atomic E-state index is 12.3. The van der Waals surface area contributed by atoms with Crippen molar-refractivity contribution in [3.8, 4) is 0 Å². The Kier molecular flexibility index (Phi) is 5.09. The van der Waals surface area contributed by atoms with E-state index in [4.69, 9.17) is 4.74 Å².